The molecule has 2 aromatic heterocycles. The first-order chi connectivity index (χ1) is 24.3. The average molecular weight is 726 g/mol. The SMILES string of the molecule is CC(=O)N1CC(N2CCC(c3nn(C4CC4)c4ccc(-c5nc6cc(C)c(C(OC(C)(C)C)C(=O)O)c(-c7ccc(Cl)cc7)c6s5)cc34)CC2)C1. The fraction of sp³-hybridized carbons (Fsp3) is 0.450. The van der Waals surface area contributed by atoms with Crippen molar-refractivity contribution in [3.05, 3.63) is 70.4 Å². The van der Waals surface area contributed by atoms with Crippen LogP contribution in [-0.2, 0) is 14.3 Å². The van der Waals surface area contributed by atoms with Crippen molar-refractivity contribution in [2.24, 2.45) is 0 Å². The van der Waals surface area contributed by atoms with Gasteiger partial charge < -0.3 is 14.7 Å². The predicted molar refractivity (Wildman–Crippen MR) is 203 cm³/mol. The summed E-state index contributed by atoms with van der Waals surface area (Å²) in [4.78, 5) is 34.2. The van der Waals surface area contributed by atoms with E-state index in [9.17, 15) is 14.7 Å². The van der Waals surface area contributed by atoms with Gasteiger partial charge in [-0.1, -0.05) is 23.7 Å². The molecular formula is C40H44ClN5O4S. The second-order valence-corrected chi connectivity index (χ2v) is 16.9. The number of hydrogen-bond donors (Lipinski definition) is 1. The largest absolute Gasteiger partial charge is 0.479 e. The molecule has 0 spiro atoms. The number of carbonyl (C=O) groups excluding carboxylic acids is 1. The smallest absolute Gasteiger partial charge is 0.337 e. The lowest BCUT2D eigenvalue weighted by Gasteiger charge is -2.47. The van der Waals surface area contributed by atoms with Crippen molar-refractivity contribution < 1.29 is 19.4 Å². The minimum atomic E-state index is -1.17. The number of nitrogens with zero attached hydrogens (tertiary/aromatic N) is 5. The second kappa shape index (κ2) is 13.0. The van der Waals surface area contributed by atoms with Crippen LogP contribution in [0.1, 0.15) is 88.3 Å². The highest BCUT2D eigenvalue weighted by atomic mass is 35.5. The van der Waals surface area contributed by atoms with Crippen LogP contribution < -0.4 is 0 Å². The van der Waals surface area contributed by atoms with Crippen LogP contribution in [0.15, 0.2) is 48.5 Å². The van der Waals surface area contributed by atoms with Gasteiger partial charge in [0, 0.05) is 59.1 Å². The molecule has 3 fully saturated rings. The van der Waals surface area contributed by atoms with Crippen LogP contribution in [0.4, 0.5) is 0 Å². The maximum Gasteiger partial charge on any atom is 0.337 e. The molecule has 3 aromatic carbocycles. The van der Waals surface area contributed by atoms with Crippen LogP contribution >= 0.6 is 22.9 Å². The van der Waals surface area contributed by atoms with Crippen LogP contribution in [0.25, 0.3) is 42.8 Å². The van der Waals surface area contributed by atoms with Gasteiger partial charge in [-0.3, -0.25) is 14.4 Å². The molecule has 1 saturated carbocycles. The summed E-state index contributed by atoms with van der Waals surface area (Å²) in [6.45, 7) is 12.9. The molecule has 4 heterocycles. The molecule has 1 aliphatic carbocycles. The van der Waals surface area contributed by atoms with E-state index in [1.54, 1.807) is 18.3 Å². The summed E-state index contributed by atoms with van der Waals surface area (Å²) in [7, 11) is 0. The minimum Gasteiger partial charge on any atom is -0.479 e. The highest BCUT2D eigenvalue weighted by Crippen LogP contribution is 2.46. The van der Waals surface area contributed by atoms with Crippen molar-refractivity contribution in [1.82, 2.24) is 24.6 Å². The third kappa shape index (κ3) is 6.56. The highest BCUT2D eigenvalue weighted by molar-refractivity contribution is 7.22. The van der Waals surface area contributed by atoms with Crippen LogP contribution in [-0.4, -0.2) is 79.4 Å². The van der Waals surface area contributed by atoms with E-state index in [0.717, 1.165) is 89.3 Å². The molecule has 266 valence electrons. The average Bonchev–Trinajstić information content (AvgIpc) is 3.70. The number of ether oxygens (including phenoxy) is 1. The summed E-state index contributed by atoms with van der Waals surface area (Å²) in [5, 5.41) is 18.4. The number of carboxylic acid groups (broad SMARTS) is 1. The van der Waals surface area contributed by atoms with Crippen molar-refractivity contribution in [3.8, 4) is 21.7 Å². The Morgan fingerprint density at radius 2 is 1.67 bits per heavy atom. The third-order valence-corrected chi connectivity index (χ3v) is 12.0. The molecule has 3 aliphatic rings. The molecule has 2 saturated heterocycles. The zero-order chi connectivity index (χ0) is 35.8. The Labute approximate surface area is 307 Å². The quantitative estimate of drug-likeness (QED) is 0.171. The number of carbonyl (C=O) groups is 2. The van der Waals surface area contributed by atoms with E-state index < -0.39 is 17.7 Å². The number of halogens is 1. The van der Waals surface area contributed by atoms with Crippen molar-refractivity contribution in [1.29, 1.82) is 0 Å². The van der Waals surface area contributed by atoms with Gasteiger partial charge in [-0.15, -0.1) is 11.3 Å². The molecule has 11 heteroatoms. The van der Waals surface area contributed by atoms with Gasteiger partial charge in [-0.2, -0.15) is 5.10 Å². The lowest BCUT2D eigenvalue weighted by molar-refractivity contribution is -0.160. The van der Waals surface area contributed by atoms with Gasteiger partial charge in [-0.05, 0) is 114 Å². The number of benzene rings is 3. The number of carboxylic acids is 1. The van der Waals surface area contributed by atoms with Gasteiger partial charge in [0.1, 0.15) is 5.01 Å². The number of likely N-dealkylation sites (tertiary alicyclic amines) is 2. The monoisotopic (exact) mass is 725 g/mol. The Morgan fingerprint density at radius 1 is 0.980 bits per heavy atom. The summed E-state index contributed by atoms with van der Waals surface area (Å²) >= 11 is 7.89. The topological polar surface area (TPSA) is 101 Å². The van der Waals surface area contributed by atoms with Gasteiger partial charge >= 0.3 is 5.97 Å². The first kappa shape index (κ1) is 34.3. The van der Waals surface area contributed by atoms with E-state index in [4.69, 9.17) is 26.4 Å². The molecule has 5 aromatic rings. The summed E-state index contributed by atoms with van der Waals surface area (Å²) in [5.74, 6) is -0.497. The van der Waals surface area contributed by atoms with E-state index in [-0.39, 0.29) is 5.91 Å². The Balaban J connectivity index is 1.19. The number of piperidine rings is 1. The van der Waals surface area contributed by atoms with Crippen LogP contribution in [0.2, 0.25) is 5.02 Å². The number of rotatable bonds is 8. The molecular weight excluding hydrogens is 682 g/mol. The number of amides is 1. The minimum absolute atomic E-state index is 0.165. The van der Waals surface area contributed by atoms with Crippen LogP contribution in [0.3, 0.4) is 0 Å². The summed E-state index contributed by atoms with van der Waals surface area (Å²) in [6, 6.07) is 17.1. The van der Waals surface area contributed by atoms with Gasteiger partial charge in [0.2, 0.25) is 5.91 Å². The van der Waals surface area contributed by atoms with Gasteiger partial charge in [0.15, 0.2) is 6.10 Å². The standard InChI is InChI=1S/C40H44ClN5O4S/c1-22-18-31-37(34(24-6-9-27(41)10-7-24)33(22)36(39(48)49)50-40(3,4)5)51-38(42-31)26-8-13-32-30(19-26)35(43-46(32)28-11-12-28)25-14-16-44(17-15-25)29-20-45(21-29)23(2)47/h6-10,13,18-19,25,28-29,36H,11-12,14-17,20-21H2,1-5H3,(H,48,49). The third-order valence-electron chi connectivity index (χ3n) is 10.6. The van der Waals surface area contributed by atoms with E-state index in [1.165, 1.54) is 16.6 Å². The maximum atomic E-state index is 12.8. The normalized spacial score (nSPS) is 18.4. The molecule has 8 rings (SSSR count). The Kier molecular flexibility index (Phi) is 8.73. The van der Waals surface area contributed by atoms with E-state index >= 15 is 0 Å². The number of thiazole rings is 1. The summed E-state index contributed by atoms with van der Waals surface area (Å²) < 4.78 is 9.38. The number of aromatic nitrogens is 3. The Hall–Kier alpha value is -3.83. The maximum absolute atomic E-state index is 12.8. The molecule has 9 nitrogen and oxygen atoms in total. The highest BCUT2D eigenvalue weighted by Gasteiger charge is 2.37. The molecule has 0 bridgehead atoms. The molecule has 0 radical (unpaired) electrons. The first-order valence-corrected chi connectivity index (χ1v) is 19.2. The molecule has 51 heavy (non-hydrogen) atoms. The predicted octanol–water partition coefficient (Wildman–Crippen LogP) is 8.63. The first-order valence-electron chi connectivity index (χ1n) is 18.0. The van der Waals surface area contributed by atoms with Gasteiger partial charge in [0.25, 0.3) is 0 Å². The zero-order valence-corrected chi connectivity index (χ0v) is 31.4. The van der Waals surface area contributed by atoms with Crippen LogP contribution in [0, 0.1) is 6.92 Å². The van der Waals surface area contributed by atoms with E-state index in [0.29, 0.717) is 28.6 Å². The van der Waals surface area contributed by atoms with E-state index in [2.05, 4.69) is 27.8 Å². The summed E-state index contributed by atoms with van der Waals surface area (Å²) in [6.07, 6.45) is 3.25. The van der Waals surface area contributed by atoms with E-state index in [1.807, 2.05) is 62.9 Å². The fourth-order valence-corrected chi connectivity index (χ4v) is 9.09. The van der Waals surface area contributed by atoms with Gasteiger partial charge in [-0.25, -0.2) is 9.78 Å². The number of hydrogen-bond acceptors (Lipinski definition) is 7. The Bertz CT molecular complexity index is 2150. The lowest BCUT2D eigenvalue weighted by Crippen LogP contribution is -2.61. The van der Waals surface area contributed by atoms with Crippen molar-refractivity contribution in [2.45, 2.75) is 90.0 Å². The zero-order valence-electron chi connectivity index (χ0n) is 29.8. The number of aliphatic carboxylic acids is 1. The van der Waals surface area contributed by atoms with Crippen molar-refractivity contribution in [2.75, 3.05) is 26.2 Å². The number of aryl methyl sites for hydroxylation is 1. The van der Waals surface area contributed by atoms with Crippen LogP contribution in [0.5, 0.6) is 0 Å². The second-order valence-electron chi connectivity index (χ2n) is 15.5. The molecule has 1 unspecified atom stereocenters. The lowest BCUT2D eigenvalue weighted by atomic mass is 9.90. The molecule has 1 N–H and O–H groups in total. The fourth-order valence-electron chi connectivity index (χ4n) is 7.84. The molecule has 1 amide bonds. The Morgan fingerprint density at radius 3 is 2.29 bits per heavy atom. The number of fused-ring (bicyclic) bond motifs is 2. The van der Waals surface area contributed by atoms with Gasteiger partial charge in [0.05, 0.1) is 33.1 Å². The summed E-state index contributed by atoms with van der Waals surface area (Å²) in [5.41, 5.74) is 6.66. The van der Waals surface area contributed by atoms with Crippen molar-refractivity contribution >= 4 is 55.9 Å². The molecule has 1 atom stereocenters. The van der Waals surface area contributed by atoms with Crippen molar-refractivity contribution in [3.63, 3.8) is 0 Å². The molecule has 2 aliphatic heterocycles.